The van der Waals surface area contributed by atoms with Gasteiger partial charge in [-0.2, -0.15) is 4.31 Å². The summed E-state index contributed by atoms with van der Waals surface area (Å²) >= 11 is 0. The second-order valence-electron chi connectivity index (χ2n) is 7.52. The van der Waals surface area contributed by atoms with E-state index in [1.165, 1.54) is 4.31 Å². The van der Waals surface area contributed by atoms with Crippen LogP contribution in [0, 0.1) is 5.92 Å². The van der Waals surface area contributed by atoms with Crippen LogP contribution >= 0.6 is 0 Å². The van der Waals surface area contributed by atoms with Gasteiger partial charge in [0.05, 0.1) is 4.90 Å². The predicted octanol–water partition coefficient (Wildman–Crippen LogP) is 3.47. The Balaban J connectivity index is 1.98. The van der Waals surface area contributed by atoms with E-state index in [4.69, 9.17) is 0 Å². The number of unbranched alkanes of at least 4 members (excludes halogenated alkanes) is 1. The molecule has 0 spiro atoms. The fourth-order valence-corrected chi connectivity index (χ4v) is 4.80. The topological polar surface area (TPSA) is 57.7 Å². The van der Waals surface area contributed by atoms with Crippen molar-refractivity contribution >= 4 is 15.9 Å². The van der Waals surface area contributed by atoms with Gasteiger partial charge in [0.25, 0.3) is 0 Å². The van der Waals surface area contributed by atoms with Crippen LogP contribution in [0.25, 0.3) is 0 Å². The Morgan fingerprint density at radius 2 is 1.77 bits per heavy atom. The van der Waals surface area contributed by atoms with Gasteiger partial charge in [0.15, 0.2) is 0 Å². The van der Waals surface area contributed by atoms with E-state index in [1.807, 2.05) is 19.2 Å². The highest BCUT2D eigenvalue weighted by Gasteiger charge is 2.33. The van der Waals surface area contributed by atoms with Crippen LogP contribution in [-0.2, 0) is 14.8 Å². The summed E-state index contributed by atoms with van der Waals surface area (Å²) in [5.74, 6) is 0.460. The largest absolute Gasteiger partial charge is 0.346 e. The average Bonchev–Trinajstić information content (AvgIpc) is 2.65. The van der Waals surface area contributed by atoms with Crippen LogP contribution in [0.4, 0.5) is 0 Å². The molecule has 0 aromatic heterocycles. The molecular weight excluding hydrogens is 348 g/mol. The molecule has 0 saturated carbocycles. The van der Waals surface area contributed by atoms with Crippen LogP contribution in [0.3, 0.4) is 0 Å². The number of sulfonamides is 1. The molecule has 26 heavy (non-hydrogen) atoms. The maximum absolute atomic E-state index is 12.9. The summed E-state index contributed by atoms with van der Waals surface area (Å²) in [4.78, 5) is 14.6. The van der Waals surface area contributed by atoms with E-state index >= 15 is 0 Å². The van der Waals surface area contributed by atoms with Crippen molar-refractivity contribution in [2.45, 2.75) is 57.3 Å². The number of amides is 1. The molecule has 1 aliphatic heterocycles. The molecule has 1 fully saturated rings. The number of hydrogen-bond donors (Lipinski definition) is 0. The second-order valence-corrected chi connectivity index (χ2v) is 9.45. The van der Waals surface area contributed by atoms with Gasteiger partial charge >= 0.3 is 0 Å². The summed E-state index contributed by atoms with van der Waals surface area (Å²) < 4.78 is 27.2. The maximum Gasteiger partial charge on any atom is 0.243 e. The third-order valence-corrected chi connectivity index (χ3v) is 7.12. The monoisotopic (exact) mass is 380 g/mol. The van der Waals surface area contributed by atoms with Crippen LogP contribution in [0.5, 0.6) is 0 Å². The number of nitrogens with zero attached hydrogens (tertiary/aromatic N) is 2. The number of rotatable bonds is 7. The Kier molecular flexibility index (Phi) is 7.24. The zero-order chi connectivity index (χ0) is 19.3. The van der Waals surface area contributed by atoms with E-state index in [9.17, 15) is 13.2 Å². The van der Waals surface area contributed by atoms with E-state index in [2.05, 4.69) is 20.8 Å². The van der Waals surface area contributed by atoms with E-state index in [0.717, 1.165) is 24.9 Å². The van der Waals surface area contributed by atoms with Gasteiger partial charge in [0.1, 0.15) is 0 Å². The molecule has 0 bridgehead atoms. The van der Waals surface area contributed by atoms with Gasteiger partial charge in [-0.3, -0.25) is 4.79 Å². The first-order valence-electron chi connectivity index (χ1n) is 9.62. The Morgan fingerprint density at radius 1 is 1.19 bits per heavy atom. The molecule has 1 aliphatic rings. The number of hydrogen-bond acceptors (Lipinski definition) is 3. The van der Waals surface area contributed by atoms with Crippen molar-refractivity contribution in [3.05, 3.63) is 29.8 Å². The molecule has 146 valence electrons. The molecule has 0 unspecified atom stereocenters. The van der Waals surface area contributed by atoms with Gasteiger partial charge in [-0.1, -0.05) is 39.3 Å². The smallest absolute Gasteiger partial charge is 0.243 e. The second kappa shape index (κ2) is 9.00. The lowest BCUT2D eigenvalue weighted by atomic mass is 9.96. The van der Waals surface area contributed by atoms with E-state index in [0.29, 0.717) is 36.7 Å². The summed E-state index contributed by atoms with van der Waals surface area (Å²) in [6.07, 6.45) is 3.25. The van der Waals surface area contributed by atoms with E-state index in [-0.39, 0.29) is 11.8 Å². The van der Waals surface area contributed by atoms with Gasteiger partial charge < -0.3 is 4.90 Å². The fourth-order valence-electron chi connectivity index (χ4n) is 3.33. The summed E-state index contributed by atoms with van der Waals surface area (Å²) in [5, 5.41) is 0. The number of benzene rings is 1. The first-order chi connectivity index (χ1) is 12.3. The fraction of sp³-hybridized carbons (Fsp3) is 0.650. The van der Waals surface area contributed by atoms with Crippen molar-refractivity contribution in [3.8, 4) is 0 Å². The molecule has 6 heteroatoms. The van der Waals surface area contributed by atoms with Crippen LogP contribution in [-0.4, -0.2) is 50.2 Å². The Hall–Kier alpha value is -1.40. The highest BCUT2D eigenvalue weighted by atomic mass is 32.2. The lowest BCUT2D eigenvalue weighted by molar-refractivity contribution is -0.135. The molecule has 0 aliphatic carbocycles. The van der Waals surface area contributed by atoms with Crippen molar-refractivity contribution < 1.29 is 13.2 Å². The minimum atomic E-state index is -3.48. The van der Waals surface area contributed by atoms with Gasteiger partial charge in [-0.15, -0.1) is 0 Å². The molecule has 1 aromatic rings. The van der Waals surface area contributed by atoms with Gasteiger partial charge in [-0.05, 0) is 42.9 Å². The van der Waals surface area contributed by atoms with Crippen LogP contribution in [0.2, 0.25) is 0 Å². The SMILES string of the molecule is CCCCN(C)C(=O)C1CCN(S(=O)(=O)c2ccc(C(C)C)cc2)CC1. The van der Waals surface area contributed by atoms with Crippen LogP contribution < -0.4 is 0 Å². The first kappa shape index (κ1) is 20.9. The normalized spacial score (nSPS) is 16.8. The minimum Gasteiger partial charge on any atom is -0.346 e. The molecule has 5 nitrogen and oxygen atoms in total. The van der Waals surface area contributed by atoms with Crippen molar-refractivity contribution in [2.75, 3.05) is 26.7 Å². The molecule has 0 N–H and O–H groups in total. The average molecular weight is 381 g/mol. The minimum absolute atomic E-state index is 0.0633. The van der Waals surface area contributed by atoms with E-state index in [1.54, 1.807) is 17.0 Å². The van der Waals surface area contributed by atoms with Gasteiger partial charge in [0.2, 0.25) is 15.9 Å². The van der Waals surface area contributed by atoms with Crippen molar-refractivity contribution in [3.63, 3.8) is 0 Å². The van der Waals surface area contributed by atoms with E-state index < -0.39 is 10.0 Å². The molecule has 1 saturated heterocycles. The van der Waals surface area contributed by atoms with Crippen molar-refractivity contribution in [1.82, 2.24) is 9.21 Å². The molecule has 1 amide bonds. The maximum atomic E-state index is 12.9. The number of carbonyl (C=O) groups excluding carboxylic acids is 1. The zero-order valence-corrected chi connectivity index (χ0v) is 17.3. The third-order valence-electron chi connectivity index (χ3n) is 5.21. The Morgan fingerprint density at radius 3 is 2.27 bits per heavy atom. The van der Waals surface area contributed by atoms with Gasteiger partial charge in [-0.25, -0.2) is 8.42 Å². The van der Waals surface area contributed by atoms with Crippen LogP contribution in [0.15, 0.2) is 29.2 Å². The molecular formula is C20H32N2O3S. The Labute approximate surface area is 158 Å². The number of carbonyl (C=O) groups is 1. The quantitative estimate of drug-likeness (QED) is 0.728. The Bertz CT molecular complexity index is 690. The summed E-state index contributed by atoms with van der Waals surface area (Å²) in [6.45, 7) is 7.87. The summed E-state index contributed by atoms with van der Waals surface area (Å²) in [5.41, 5.74) is 1.13. The van der Waals surface area contributed by atoms with Gasteiger partial charge in [0, 0.05) is 32.6 Å². The van der Waals surface area contributed by atoms with Crippen molar-refractivity contribution in [1.29, 1.82) is 0 Å². The zero-order valence-electron chi connectivity index (χ0n) is 16.4. The highest BCUT2D eigenvalue weighted by Crippen LogP contribution is 2.26. The third kappa shape index (κ3) is 4.86. The predicted molar refractivity (Wildman–Crippen MR) is 105 cm³/mol. The first-order valence-corrected chi connectivity index (χ1v) is 11.1. The summed E-state index contributed by atoms with van der Waals surface area (Å²) in [6, 6.07) is 7.16. The molecule has 1 heterocycles. The molecule has 2 rings (SSSR count). The molecule has 1 aromatic carbocycles. The molecule has 0 radical (unpaired) electrons. The van der Waals surface area contributed by atoms with Crippen LogP contribution in [0.1, 0.15) is 57.9 Å². The van der Waals surface area contributed by atoms with Crippen molar-refractivity contribution in [2.24, 2.45) is 5.92 Å². The molecule has 0 atom stereocenters. The lowest BCUT2D eigenvalue weighted by Gasteiger charge is -2.32. The standard InChI is InChI=1S/C20H32N2O3S/c1-5-6-13-21(4)20(23)18-11-14-22(15-12-18)26(24,25)19-9-7-17(8-10-19)16(2)3/h7-10,16,18H,5-6,11-15H2,1-4H3. The summed E-state index contributed by atoms with van der Waals surface area (Å²) in [7, 11) is -1.63. The highest BCUT2D eigenvalue weighted by molar-refractivity contribution is 7.89. The lowest BCUT2D eigenvalue weighted by Crippen LogP contribution is -2.43. The number of piperidine rings is 1.